The van der Waals surface area contributed by atoms with Gasteiger partial charge in [-0.1, -0.05) is 11.6 Å². The summed E-state index contributed by atoms with van der Waals surface area (Å²) in [6.45, 7) is 3.32. The van der Waals surface area contributed by atoms with E-state index in [1.54, 1.807) is 18.2 Å². The molecule has 26 heavy (non-hydrogen) atoms. The number of carbonyl (C=O) groups excluding carboxylic acids is 1. The standard InChI is InChI=1S/C17H17ClN6O2/c1-11-10-13(18)2-3-14(11)26-17(25)12-6-8-23(9-7-12)16-5-4-15-19-21-22-24(15)20-16/h2-5,10,12H,6-9H2,1H3. The van der Waals surface area contributed by atoms with Gasteiger partial charge in [0, 0.05) is 18.1 Å². The van der Waals surface area contributed by atoms with E-state index in [1.165, 1.54) is 4.63 Å². The van der Waals surface area contributed by atoms with Gasteiger partial charge in [0.2, 0.25) is 0 Å². The Labute approximate surface area is 154 Å². The van der Waals surface area contributed by atoms with Crippen molar-refractivity contribution in [3.05, 3.63) is 40.9 Å². The van der Waals surface area contributed by atoms with Crippen LogP contribution in [-0.2, 0) is 4.79 Å². The number of hydrogen-bond donors (Lipinski definition) is 0. The SMILES string of the molecule is Cc1cc(Cl)ccc1OC(=O)C1CCN(c2ccc3nnnn3n2)CC1. The van der Waals surface area contributed by atoms with Gasteiger partial charge in [-0.25, -0.2) is 0 Å². The average Bonchev–Trinajstić information content (AvgIpc) is 3.12. The van der Waals surface area contributed by atoms with E-state index in [9.17, 15) is 4.79 Å². The molecule has 1 aliphatic heterocycles. The zero-order valence-corrected chi connectivity index (χ0v) is 14.9. The van der Waals surface area contributed by atoms with Crippen molar-refractivity contribution in [2.24, 2.45) is 5.92 Å². The smallest absolute Gasteiger partial charge is 0.314 e. The second kappa shape index (κ2) is 6.87. The highest BCUT2D eigenvalue weighted by Crippen LogP contribution is 2.26. The first-order chi connectivity index (χ1) is 12.6. The number of esters is 1. The summed E-state index contributed by atoms with van der Waals surface area (Å²) in [6, 6.07) is 8.96. The third-order valence-corrected chi connectivity index (χ3v) is 4.79. The molecule has 134 valence electrons. The lowest BCUT2D eigenvalue weighted by atomic mass is 9.97. The molecule has 0 aliphatic carbocycles. The molecule has 0 N–H and O–H groups in total. The van der Waals surface area contributed by atoms with Crippen LogP contribution in [0.2, 0.25) is 5.02 Å². The van der Waals surface area contributed by atoms with E-state index in [0.29, 0.717) is 29.3 Å². The quantitative estimate of drug-likeness (QED) is 0.515. The maximum Gasteiger partial charge on any atom is 0.314 e. The summed E-state index contributed by atoms with van der Waals surface area (Å²) >= 11 is 5.94. The summed E-state index contributed by atoms with van der Waals surface area (Å²) in [7, 11) is 0. The molecular formula is C17H17ClN6O2. The van der Waals surface area contributed by atoms with Crippen molar-refractivity contribution in [2.75, 3.05) is 18.0 Å². The highest BCUT2D eigenvalue weighted by atomic mass is 35.5. The molecule has 1 saturated heterocycles. The summed E-state index contributed by atoms with van der Waals surface area (Å²) < 4.78 is 6.97. The number of rotatable bonds is 3. The summed E-state index contributed by atoms with van der Waals surface area (Å²) in [4.78, 5) is 14.6. The second-order valence-corrected chi connectivity index (χ2v) is 6.75. The fraction of sp³-hybridized carbons (Fsp3) is 0.353. The Morgan fingerprint density at radius 1 is 1.23 bits per heavy atom. The van der Waals surface area contributed by atoms with Crippen molar-refractivity contribution in [1.29, 1.82) is 0 Å². The molecule has 1 fully saturated rings. The van der Waals surface area contributed by atoms with E-state index in [4.69, 9.17) is 16.3 Å². The van der Waals surface area contributed by atoms with Crippen LogP contribution in [0, 0.1) is 12.8 Å². The molecule has 1 aromatic carbocycles. The predicted molar refractivity (Wildman–Crippen MR) is 95.3 cm³/mol. The van der Waals surface area contributed by atoms with Gasteiger partial charge in [0.15, 0.2) is 11.5 Å². The van der Waals surface area contributed by atoms with Crippen molar-refractivity contribution in [1.82, 2.24) is 25.3 Å². The fourth-order valence-corrected chi connectivity index (χ4v) is 3.30. The molecule has 0 saturated carbocycles. The van der Waals surface area contributed by atoms with E-state index in [1.807, 2.05) is 19.1 Å². The van der Waals surface area contributed by atoms with Crippen molar-refractivity contribution in [3.63, 3.8) is 0 Å². The number of aromatic nitrogens is 5. The number of hydrogen-bond acceptors (Lipinski definition) is 7. The molecule has 0 unspecified atom stereocenters. The van der Waals surface area contributed by atoms with Gasteiger partial charge in [-0.3, -0.25) is 4.79 Å². The Balaban J connectivity index is 1.38. The third-order valence-electron chi connectivity index (χ3n) is 4.56. The normalized spacial score (nSPS) is 15.4. The molecule has 9 heteroatoms. The van der Waals surface area contributed by atoms with Crippen molar-refractivity contribution < 1.29 is 9.53 Å². The summed E-state index contributed by atoms with van der Waals surface area (Å²) in [5.74, 6) is 1.04. The Hall–Kier alpha value is -2.74. The topological polar surface area (TPSA) is 85.5 Å². The van der Waals surface area contributed by atoms with E-state index < -0.39 is 0 Å². The van der Waals surface area contributed by atoms with Crippen LogP contribution >= 0.6 is 11.6 Å². The lowest BCUT2D eigenvalue weighted by Gasteiger charge is -2.31. The van der Waals surface area contributed by atoms with Crippen LogP contribution in [0.1, 0.15) is 18.4 Å². The van der Waals surface area contributed by atoms with Crippen LogP contribution in [0.3, 0.4) is 0 Å². The molecule has 0 bridgehead atoms. The second-order valence-electron chi connectivity index (χ2n) is 6.31. The van der Waals surface area contributed by atoms with Gasteiger partial charge >= 0.3 is 5.97 Å². The summed E-state index contributed by atoms with van der Waals surface area (Å²) in [5, 5.41) is 16.3. The van der Waals surface area contributed by atoms with Gasteiger partial charge in [0.1, 0.15) is 5.75 Å². The fourth-order valence-electron chi connectivity index (χ4n) is 3.07. The van der Waals surface area contributed by atoms with Gasteiger partial charge in [0.05, 0.1) is 5.92 Å². The first-order valence-corrected chi connectivity index (χ1v) is 8.76. The molecule has 4 rings (SSSR count). The molecule has 0 spiro atoms. The van der Waals surface area contributed by atoms with Crippen molar-refractivity contribution in [3.8, 4) is 5.75 Å². The van der Waals surface area contributed by atoms with Crippen LogP contribution < -0.4 is 9.64 Å². The van der Waals surface area contributed by atoms with Crippen molar-refractivity contribution >= 4 is 29.0 Å². The van der Waals surface area contributed by atoms with Crippen LogP contribution in [0.15, 0.2) is 30.3 Å². The first-order valence-electron chi connectivity index (χ1n) is 8.38. The van der Waals surface area contributed by atoms with Crippen LogP contribution in [0.25, 0.3) is 5.65 Å². The van der Waals surface area contributed by atoms with Gasteiger partial charge in [-0.15, -0.1) is 14.8 Å². The Kier molecular flexibility index (Phi) is 4.42. The highest BCUT2D eigenvalue weighted by molar-refractivity contribution is 6.30. The number of piperidine rings is 1. The van der Waals surface area contributed by atoms with Crippen LogP contribution in [-0.4, -0.2) is 44.3 Å². The molecule has 2 aromatic heterocycles. The number of aryl methyl sites for hydroxylation is 1. The number of benzene rings is 1. The minimum absolute atomic E-state index is 0.127. The number of tetrazole rings is 1. The van der Waals surface area contributed by atoms with Crippen LogP contribution in [0.4, 0.5) is 5.82 Å². The van der Waals surface area contributed by atoms with E-state index >= 15 is 0 Å². The molecule has 1 aliphatic rings. The zero-order chi connectivity index (χ0) is 18.1. The predicted octanol–water partition coefficient (Wildman–Crippen LogP) is 2.30. The maximum atomic E-state index is 12.5. The summed E-state index contributed by atoms with van der Waals surface area (Å²) in [5.41, 5.74) is 1.45. The number of carbonyl (C=O) groups is 1. The molecule has 0 radical (unpaired) electrons. The monoisotopic (exact) mass is 372 g/mol. The number of fused-ring (bicyclic) bond motifs is 1. The maximum absolute atomic E-state index is 12.5. The number of nitrogens with zero attached hydrogens (tertiary/aromatic N) is 6. The Morgan fingerprint density at radius 2 is 2.04 bits per heavy atom. The summed E-state index contributed by atoms with van der Waals surface area (Å²) in [6.07, 6.45) is 1.42. The molecule has 0 atom stereocenters. The highest BCUT2D eigenvalue weighted by Gasteiger charge is 2.27. The first kappa shape index (κ1) is 16.7. The van der Waals surface area contributed by atoms with Gasteiger partial charge in [-0.2, -0.15) is 0 Å². The van der Waals surface area contributed by atoms with Gasteiger partial charge in [0.25, 0.3) is 0 Å². The lowest BCUT2D eigenvalue weighted by Crippen LogP contribution is -2.38. The molecule has 3 heterocycles. The van der Waals surface area contributed by atoms with E-state index in [0.717, 1.165) is 24.5 Å². The number of ether oxygens (including phenoxy) is 1. The van der Waals surface area contributed by atoms with E-state index in [-0.39, 0.29) is 11.9 Å². The largest absolute Gasteiger partial charge is 0.426 e. The molecule has 3 aromatic rings. The number of halogens is 1. The molecule has 8 nitrogen and oxygen atoms in total. The van der Waals surface area contributed by atoms with Gasteiger partial charge < -0.3 is 9.64 Å². The Bertz CT molecular complexity index is 951. The minimum Gasteiger partial charge on any atom is -0.426 e. The Morgan fingerprint density at radius 3 is 2.81 bits per heavy atom. The zero-order valence-electron chi connectivity index (χ0n) is 14.2. The van der Waals surface area contributed by atoms with E-state index in [2.05, 4.69) is 25.5 Å². The number of anilines is 1. The molecule has 0 amide bonds. The molecular weight excluding hydrogens is 356 g/mol. The van der Waals surface area contributed by atoms with Gasteiger partial charge in [-0.05, 0) is 66.1 Å². The third kappa shape index (κ3) is 3.32. The average molecular weight is 373 g/mol. The lowest BCUT2D eigenvalue weighted by molar-refractivity contribution is -0.139. The van der Waals surface area contributed by atoms with Crippen molar-refractivity contribution in [2.45, 2.75) is 19.8 Å². The minimum atomic E-state index is -0.195. The van der Waals surface area contributed by atoms with Crippen LogP contribution in [0.5, 0.6) is 5.75 Å².